The molecule has 0 aliphatic carbocycles. The molecular formula is C11H12FNO2S. The van der Waals surface area contributed by atoms with Gasteiger partial charge < -0.3 is 0 Å². The van der Waals surface area contributed by atoms with Crippen LogP contribution < -0.4 is 0 Å². The van der Waals surface area contributed by atoms with Gasteiger partial charge in [0.05, 0.1) is 11.3 Å². The van der Waals surface area contributed by atoms with Gasteiger partial charge in [-0.05, 0) is 18.1 Å². The Morgan fingerprint density at radius 2 is 2.00 bits per heavy atom. The largest absolute Gasteiger partial charge is 0.229 e. The first-order chi connectivity index (χ1) is 7.47. The molecule has 0 atom stereocenters. The van der Waals surface area contributed by atoms with Gasteiger partial charge in [-0.25, -0.2) is 8.42 Å². The number of aryl methyl sites for hydroxylation is 1. The molecule has 0 saturated carbocycles. The molecule has 16 heavy (non-hydrogen) atoms. The summed E-state index contributed by atoms with van der Waals surface area (Å²) in [5.74, 6) is 0.0427. The first-order valence-electron chi connectivity index (χ1n) is 4.90. The normalized spacial score (nSPS) is 12.1. The van der Waals surface area contributed by atoms with Gasteiger partial charge >= 0.3 is 0 Å². The number of hydrogen-bond acceptors (Lipinski definition) is 2. The molecule has 0 aliphatic heterocycles. The van der Waals surface area contributed by atoms with Gasteiger partial charge in [-0.1, -0.05) is 22.7 Å². The van der Waals surface area contributed by atoms with Crippen LogP contribution in [0, 0.1) is 0 Å². The zero-order valence-electron chi connectivity index (χ0n) is 8.85. The second kappa shape index (κ2) is 3.90. The fourth-order valence-electron chi connectivity index (χ4n) is 1.70. The summed E-state index contributed by atoms with van der Waals surface area (Å²) in [5.41, 5.74) is 1.20. The van der Waals surface area contributed by atoms with Crippen molar-refractivity contribution in [1.29, 1.82) is 0 Å². The van der Waals surface area contributed by atoms with Gasteiger partial charge in [-0.15, -0.1) is 0 Å². The smallest absolute Gasteiger partial charge is 0.147 e. The Balaban J connectivity index is 2.38. The van der Waals surface area contributed by atoms with E-state index in [1.807, 2.05) is 6.07 Å². The van der Waals surface area contributed by atoms with Crippen molar-refractivity contribution in [2.45, 2.75) is 6.42 Å². The van der Waals surface area contributed by atoms with E-state index in [1.54, 1.807) is 18.2 Å². The Hall–Kier alpha value is -1.36. The summed E-state index contributed by atoms with van der Waals surface area (Å²) in [6.07, 6.45) is 2.87. The number of halogens is 1. The summed E-state index contributed by atoms with van der Waals surface area (Å²) >= 11 is 0. The molecule has 0 fully saturated rings. The second-order valence-electron chi connectivity index (χ2n) is 3.86. The van der Waals surface area contributed by atoms with E-state index >= 15 is 0 Å². The van der Waals surface area contributed by atoms with Gasteiger partial charge in [-0.3, -0.25) is 0 Å². The number of sulfone groups is 1. The first kappa shape index (κ1) is 11.1. The highest BCUT2D eigenvalue weighted by molar-refractivity contribution is 7.90. The average molecular weight is 241 g/mol. The summed E-state index contributed by atoms with van der Waals surface area (Å²) in [6.45, 7) is 0. The van der Waals surface area contributed by atoms with Crippen LogP contribution in [0.1, 0.15) is 5.56 Å². The van der Waals surface area contributed by atoms with Crippen LogP contribution in [-0.2, 0) is 16.3 Å². The fraction of sp³-hybridized carbons (Fsp3) is 0.273. The molecule has 0 unspecified atom stereocenters. The number of aromatic nitrogens is 1. The van der Waals surface area contributed by atoms with Crippen LogP contribution in [0.25, 0.3) is 10.9 Å². The van der Waals surface area contributed by atoms with Gasteiger partial charge in [0.1, 0.15) is 9.84 Å². The maximum atomic E-state index is 13.4. The molecule has 86 valence electrons. The molecule has 0 N–H and O–H groups in total. The van der Waals surface area contributed by atoms with E-state index in [9.17, 15) is 12.9 Å². The molecule has 0 amide bonds. The van der Waals surface area contributed by atoms with E-state index in [0.717, 1.165) is 10.9 Å². The summed E-state index contributed by atoms with van der Waals surface area (Å²) in [4.78, 5) is 0.535. The quantitative estimate of drug-likeness (QED) is 0.824. The van der Waals surface area contributed by atoms with E-state index in [1.165, 1.54) is 12.5 Å². The molecular weight excluding hydrogens is 229 g/mol. The molecule has 2 rings (SSSR count). The standard InChI is InChI=1S/C11H12FNO2S/c1-16(14,15)7-6-9-8-13(12)11-5-3-2-4-10(9)11/h2-5,8H,6-7H2,1H3. The van der Waals surface area contributed by atoms with Gasteiger partial charge in [0, 0.05) is 17.8 Å². The van der Waals surface area contributed by atoms with Crippen molar-refractivity contribution in [2.24, 2.45) is 0 Å². The van der Waals surface area contributed by atoms with Gasteiger partial charge in [0.2, 0.25) is 0 Å². The Kier molecular flexibility index (Phi) is 2.71. The van der Waals surface area contributed by atoms with Crippen molar-refractivity contribution in [1.82, 2.24) is 4.79 Å². The number of rotatable bonds is 3. The van der Waals surface area contributed by atoms with Crippen molar-refractivity contribution in [3.05, 3.63) is 36.0 Å². The summed E-state index contributed by atoms with van der Waals surface area (Å²) < 4.78 is 35.5. The summed E-state index contributed by atoms with van der Waals surface area (Å²) in [5, 5.41) is 0.772. The highest BCUT2D eigenvalue weighted by Gasteiger charge is 2.10. The zero-order chi connectivity index (χ0) is 11.8. The molecule has 0 spiro atoms. The van der Waals surface area contributed by atoms with Crippen LogP contribution in [0.2, 0.25) is 0 Å². The average Bonchev–Trinajstić information content (AvgIpc) is 2.53. The van der Waals surface area contributed by atoms with E-state index in [2.05, 4.69) is 0 Å². The molecule has 0 aliphatic rings. The van der Waals surface area contributed by atoms with E-state index in [4.69, 9.17) is 0 Å². The second-order valence-corrected chi connectivity index (χ2v) is 6.12. The molecule has 5 heteroatoms. The minimum absolute atomic E-state index is 0.0427. The molecule has 0 radical (unpaired) electrons. The summed E-state index contributed by atoms with van der Waals surface area (Å²) in [7, 11) is -3.01. The van der Waals surface area contributed by atoms with Crippen LogP contribution in [0.5, 0.6) is 0 Å². The van der Waals surface area contributed by atoms with Crippen LogP contribution in [0.4, 0.5) is 4.48 Å². The Morgan fingerprint density at radius 1 is 1.31 bits per heavy atom. The Morgan fingerprint density at radius 3 is 2.69 bits per heavy atom. The maximum absolute atomic E-state index is 13.4. The maximum Gasteiger partial charge on any atom is 0.147 e. The summed E-state index contributed by atoms with van der Waals surface area (Å²) in [6, 6.07) is 7.02. The van der Waals surface area contributed by atoms with Crippen LogP contribution in [0.3, 0.4) is 0 Å². The lowest BCUT2D eigenvalue weighted by Crippen LogP contribution is -2.05. The first-order valence-corrected chi connectivity index (χ1v) is 6.96. The molecule has 0 bridgehead atoms. The zero-order valence-corrected chi connectivity index (χ0v) is 9.67. The highest BCUT2D eigenvalue weighted by Crippen LogP contribution is 2.21. The van der Waals surface area contributed by atoms with Gasteiger partial charge in [-0.2, -0.15) is 4.79 Å². The van der Waals surface area contributed by atoms with Gasteiger partial charge in [0.25, 0.3) is 0 Å². The Labute approximate surface area is 93.4 Å². The molecule has 1 aromatic heterocycles. The molecule has 1 heterocycles. The predicted molar refractivity (Wildman–Crippen MR) is 61.9 cm³/mol. The number of benzene rings is 1. The van der Waals surface area contributed by atoms with E-state index in [-0.39, 0.29) is 5.75 Å². The Bertz CT molecular complexity index is 616. The van der Waals surface area contributed by atoms with Crippen molar-refractivity contribution in [2.75, 3.05) is 12.0 Å². The third-order valence-corrected chi connectivity index (χ3v) is 3.44. The van der Waals surface area contributed by atoms with Crippen LogP contribution in [0.15, 0.2) is 30.5 Å². The SMILES string of the molecule is CS(=O)(=O)CCc1cn(F)c2ccccc12. The number of nitrogens with zero attached hydrogens (tertiary/aromatic N) is 1. The van der Waals surface area contributed by atoms with Crippen LogP contribution in [-0.4, -0.2) is 25.2 Å². The minimum atomic E-state index is -3.01. The molecule has 3 nitrogen and oxygen atoms in total. The van der Waals surface area contributed by atoms with E-state index < -0.39 is 9.84 Å². The minimum Gasteiger partial charge on any atom is -0.229 e. The molecule has 2 aromatic rings. The van der Waals surface area contributed by atoms with Crippen molar-refractivity contribution in [3.8, 4) is 0 Å². The third kappa shape index (κ3) is 2.24. The van der Waals surface area contributed by atoms with Crippen molar-refractivity contribution >= 4 is 20.7 Å². The van der Waals surface area contributed by atoms with E-state index in [0.29, 0.717) is 16.7 Å². The van der Waals surface area contributed by atoms with Crippen molar-refractivity contribution in [3.63, 3.8) is 0 Å². The molecule has 1 aromatic carbocycles. The number of fused-ring (bicyclic) bond motifs is 1. The lowest BCUT2D eigenvalue weighted by Gasteiger charge is -1.97. The predicted octanol–water partition coefficient (Wildman–Crippen LogP) is 1.96. The topological polar surface area (TPSA) is 39.1 Å². The van der Waals surface area contributed by atoms with Gasteiger partial charge in [0.15, 0.2) is 0 Å². The monoisotopic (exact) mass is 241 g/mol. The molecule has 0 saturated heterocycles. The number of hydrogen-bond donors (Lipinski definition) is 0. The fourth-order valence-corrected chi connectivity index (χ4v) is 2.29. The highest BCUT2D eigenvalue weighted by atomic mass is 32.2. The lowest BCUT2D eigenvalue weighted by molar-refractivity contribution is 0.387. The van der Waals surface area contributed by atoms with Crippen molar-refractivity contribution < 1.29 is 12.9 Å². The lowest BCUT2D eigenvalue weighted by atomic mass is 10.1. The van der Waals surface area contributed by atoms with Crippen LogP contribution >= 0.6 is 0 Å². The number of para-hydroxylation sites is 1. The third-order valence-electron chi connectivity index (χ3n) is 2.49.